The number of benzene rings is 2. The van der Waals surface area contributed by atoms with Gasteiger partial charge in [0.1, 0.15) is 6.61 Å². The highest BCUT2D eigenvalue weighted by Gasteiger charge is 2.09. The Bertz CT molecular complexity index is 564. The lowest BCUT2D eigenvalue weighted by molar-refractivity contribution is 0.0696. The summed E-state index contributed by atoms with van der Waals surface area (Å²) >= 11 is 0. The van der Waals surface area contributed by atoms with E-state index in [0.29, 0.717) is 18.1 Å². The first kappa shape index (κ1) is 13.0. The summed E-state index contributed by atoms with van der Waals surface area (Å²) in [4.78, 5) is 10.9. The van der Waals surface area contributed by atoms with Crippen LogP contribution >= 0.6 is 0 Å². The van der Waals surface area contributed by atoms with E-state index in [0.717, 1.165) is 5.56 Å². The van der Waals surface area contributed by atoms with Crippen LogP contribution in [0.5, 0.6) is 11.5 Å². The van der Waals surface area contributed by atoms with Gasteiger partial charge in [-0.15, -0.1) is 0 Å². The largest absolute Gasteiger partial charge is 0.493 e. The molecule has 0 bridgehead atoms. The zero-order valence-electron chi connectivity index (χ0n) is 10.5. The van der Waals surface area contributed by atoms with Gasteiger partial charge < -0.3 is 14.6 Å². The van der Waals surface area contributed by atoms with Gasteiger partial charge in [0.2, 0.25) is 0 Å². The first-order valence-electron chi connectivity index (χ1n) is 5.79. The molecule has 0 amide bonds. The lowest BCUT2D eigenvalue weighted by Crippen LogP contribution is -2.00. The van der Waals surface area contributed by atoms with E-state index < -0.39 is 5.97 Å². The molecule has 19 heavy (non-hydrogen) atoms. The molecule has 4 heteroatoms. The standard InChI is InChI=1S/C15H14O4/c1-18-14-9-12(15(16)17)7-8-13(14)19-10-11-5-3-2-4-6-11/h2-9H,10H2,1H3,(H,16,17)/i15+2. The van der Waals surface area contributed by atoms with E-state index in [2.05, 4.69) is 0 Å². The van der Waals surface area contributed by atoms with Crippen LogP contribution in [-0.2, 0) is 6.61 Å². The molecule has 0 saturated carbocycles. The number of hydrogen-bond donors (Lipinski definition) is 1. The molecule has 0 aliphatic rings. The minimum atomic E-state index is -0.993. The summed E-state index contributed by atoms with van der Waals surface area (Å²) in [6.07, 6.45) is 0. The number of carbonyl (C=O) groups is 1. The van der Waals surface area contributed by atoms with Crippen LogP contribution in [0, 0.1) is 0 Å². The van der Waals surface area contributed by atoms with E-state index in [1.807, 2.05) is 30.3 Å². The molecule has 0 atom stereocenters. The van der Waals surface area contributed by atoms with Crippen molar-refractivity contribution in [3.63, 3.8) is 0 Å². The van der Waals surface area contributed by atoms with E-state index in [-0.39, 0.29) is 5.56 Å². The number of hydrogen-bond acceptors (Lipinski definition) is 3. The number of rotatable bonds is 5. The quantitative estimate of drug-likeness (QED) is 0.898. The van der Waals surface area contributed by atoms with Crippen molar-refractivity contribution in [2.75, 3.05) is 7.11 Å². The summed E-state index contributed by atoms with van der Waals surface area (Å²) in [7, 11) is 1.48. The first-order valence-corrected chi connectivity index (χ1v) is 5.79. The third-order valence-corrected chi connectivity index (χ3v) is 2.65. The summed E-state index contributed by atoms with van der Waals surface area (Å²) in [6.45, 7) is 0.406. The molecule has 0 unspecified atom stereocenters. The van der Waals surface area contributed by atoms with Gasteiger partial charge in [-0.25, -0.2) is 4.79 Å². The second kappa shape index (κ2) is 5.91. The van der Waals surface area contributed by atoms with Crippen LogP contribution in [0.1, 0.15) is 15.9 Å². The molecule has 1 N–H and O–H groups in total. The molecule has 2 rings (SSSR count). The Labute approximate surface area is 111 Å². The second-order valence-electron chi connectivity index (χ2n) is 3.95. The van der Waals surface area contributed by atoms with Crippen LogP contribution in [0.4, 0.5) is 0 Å². The van der Waals surface area contributed by atoms with Gasteiger partial charge in [0.15, 0.2) is 11.5 Å². The maximum Gasteiger partial charge on any atom is 0.335 e. The number of carboxylic acid groups (broad SMARTS) is 1. The zero-order chi connectivity index (χ0) is 13.7. The van der Waals surface area contributed by atoms with Crippen molar-refractivity contribution < 1.29 is 19.4 Å². The molecule has 0 aliphatic heterocycles. The van der Waals surface area contributed by atoms with Crippen molar-refractivity contribution in [2.24, 2.45) is 0 Å². The van der Waals surface area contributed by atoms with Crippen LogP contribution < -0.4 is 9.47 Å². The third-order valence-electron chi connectivity index (χ3n) is 2.65. The van der Waals surface area contributed by atoms with Gasteiger partial charge in [0.05, 0.1) is 12.7 Å². The van der Waals surface area contributed by atoms with Crippen molar-refractivity contribution in [2.45, 2.75) is 6.61 Å². The molecule has 2 aromatic rings. The Morgan fingerprint density at radius 3 is 2.47 bits per heavy atom. The Hall–Kier alpha value is -2.49. The van der Waals surface area contributed by atoms with Gasteiger partial charge >= 0.3 is 5.97 Å². The highest BCUT2D eigenvalue weighted by atomic mass is 16.6. The van der Waals surface area contributed by atoms with Crippen LogP contribution in [-0.4, -0.2) is 18.2 Å². The van der Waals surface area contributed by atoms with Gasteiger partial charge in [-0.3, -0.25) is 0 Å². The minimum absolute atomic E-state index is 0.170. The molecular weight excluding hydrogens is 246 g/mol. The molecule has 98 valence electrons. The minimum Gasteiger partial charge on any atom is -0.493 e. The third kappa shape index (κ3) is 3.25. The van der Waals surface area contributed by atoms with Crippen molar-refractivity contribution in [1.29, 1.82) is 0 Å². The lowest BCUT2D eigenvalue weighted by atomic mass is 10.2. The summed E-state index contributed by atoms with van der Waals surface area (Å²) in [5, 5.41) is 8.91. The van der Waals surface area contributed by atoms with Gasteiger partial charge in [-0.1, -0.05) is 30.3 Å². The Balaban J connectivity index is 2.14. The predicted octanol–water partition coefficient (Wildman–Crippen LogP) is 2.97. The number of methoxy groups -OCH3 is 1. The molecule has 4 nitrogen and oxygen atoms in total. The molecule has 2 aromatic carbocycles. The first-order chi connectivity index (χ1) is 9.20. The second-order valence-corrected chi connectivity index (χ2v) is 3.95. The average molecular weight is 260 g/mol. The molecule has 0 spiro atoms. The Morgan fingerprint density at radius 2 is 1.84 bits per heavy atom. The maximum atomic E-state index is 10.9. The van der Waals surface area contributed by atoms with Gasteiger partial charge in [-0.2, -0.15) is 0 Å². The summed E-state index contributed by atoms with van der Waals surface area (Å²) < 4.78 is 10.8. The molecule has 0 aromatic heterocycles. The van der Waals surface area contributed by atoms with Crippen LogP contribution in [0.2, 0.25) is 0 Å². The van der Waals surface area contributed by atoms with E-state index in [9.17, 15) is 4.79 Å². The maximum absolute atomic E-state index is 10.9. The molecule has 0 aliphatic carbocycles. The van der Waals surface area contributed by atoms with E-state index in [1.54, 1.807) is 6.07 Å². The highest BCUT2D eigenvalue weighted by molar-refractivity contribution is 5.88. The lowest BCUT2D eigenvalue weighted by Gasteiger charge is -2.11. The Morgan fingerprint density at radius 1 is 1.11 bits per heavy atom. The average Bonchev–Trinajstić information content (AvgIpc) is 2.45. The van der Waals surface area contributed by atoms with Crippen LogP contribution in [0.25, 0.3) is 0 Å². The SMILES string of the molecule is COc1cc([14C](=O)O)ccc1OCc1ccccc1. The van der Waals surface area contributed by atoms with Crippen molar-refractivity contribution in [1.82, 2.24) is 0 Å². The fourth-order valence-electron chi connectivity index (χ4n) is 1.66. The summed E-state index contributed by atoms with van der Waals surface area (Å²) in [5.41, 5.74) is 1.20. The van der Waals surface area contributed by atoms with Crippen LogP contribution in [0.3, 0.4) is 0 Å². The van der Waals surface area contributed by atoms with Gasteiger partial charge in [0.25, 0.3) is 0 Å². The van der Waals surface area contributed by atoms with Gasteiger partial charge in [-0.05, 0) is 23.8 Å². The van der Waals surface area contributed by atoms with Crippen LogP contribution in [0.15, 0.2) is 48.5 Å². The molecule has 0 saturated heterocycles. The van der Waals surface area contributed by atoms with E-state index in [4.69, 9.17) is 14.6 Å². The van der Waals surface area contributed by atoms with Gasteiger partial charge in [0, 0.05) is 0 Å². The molecule has 0 radical (unpaired) electrons. The van der Waals surface area contributed by atoms with E-state index in [1.165, 1.54) is 19.2 Å². The summed E-state index contributed by atoms with van der Waals surface area (Å²) in [6, 6.07) is 14.3. The highest BCUT2D eigenvalue weighted by Crippen LogP contribution is 2.28. The number of carboxylic acids is 1. The topological polar surface area (TPSA) is 55.8 Å². The Kier molecular flexibility index (Phi) is 4.03. The fourth-order valence-corrected chi connectivity index (χ4v) is 1.66. The summed E-state index contributed by atoms with van der Waals surface area (Å²) in [5.74, 6) is -0.0555. The predicted molar refractivity (Wildman–Crippen MR) is 70.7 cm³/mol. The smallest absolute Gasteiger partial charge is 0.335 e. The molecule has 0 fully saturated rings. The van der Waals surface area contributed by atoms with E-state index >= 15 is 0 Å². The normalized spacial score (nSPS) is 9.95. The molecule has 0 heterocycles. The number of ether oxygens (including phenoxy) is 2. The number of aromatic carboxylic acids is 1. The monoisotopic (exact) mass is 260 g/mol. The van der Waals surface area contributed by atoms with Crippen molar-refractivity contribution in [3.8, 4) is 11.5 Å². The molecular formula is C15H14O4. The fraction of sp³-hybridized carbons (Fsp3) is 0.133. The zero-order valence-corrected chi connectivity index (χ0v) is 10.5. The van der Waals surface area contributed by atoms with Crippen molar-refractivity contribution in [3.05, 3.63) is 59.7 Å². The van der Waals surface area contributed by atoms with Crippen molar-refractivity contribution >= 4 is 5.97 Å².